The number of benzene rings is 3. The number of hydrogen-bond donors (Lipinski definition) is 4. The van der Waals surface area contributed by atoms with Crippen molar-refractivity contribution in [2.24, 2.45) is 0 Å². The van der Waals surface area contributed by atoms with Crippen molar-refractivity contribution < 1.29 is 29.9 Å². The van der Waals surface area contributed by atoms with Crippen LogP contribution in [0.2, 0.25) is 0 Å². The molecule has 0 bridgehead atoms. The first kappa shape index (κ1) is 23.3. The van der Waals surface area contributed by atoms with E-state index in [9.17, 15) is 10.2 Å². The fraction of sp³-hybridized carbons (Fsp3) is 0.440. The van der Waals surface area contributed by atoms with Crippen LogP contribution in [0.25, 0.3) is 21.5 Å². The van der Waals surface area contributed by atoms with Crippen LogP contribution in [0.15, 0.2) is 42.5 Å². The zero-order valence-corrected chi connectivity index (χ0v) is 18.0. The highest BCUT2D eigenvalue weighted by molar-refractivity contribution is 6.11. The lowest BCUT2D eigenvalue weighted by Gasteiger charge is -2.20. The van der Waals surface area contributed by atoms with Crippen LogP contribution in [0.5, 0.6) is 11.5 Å². The Morgan fingerprint density at radius 3 is 1.71 bits per heavy atom. The van der Waals surface area contributed by atoms with Gasteiger partial charge in [0, 0.05) is 34.8 Å². The Morgan fingerprint density at radius 1 is 0.710 bits per heavy atom. The summed E-state index contributed by atoms with van der Waals surface area (Å²) >= 11 is 0. The van der Waals surface area contributed by atoms with E-state index in [1.54, 1.807) is 0 Å². The SMILES string of the molecule is Cc1ccc2c(OCC(O)CCCO)c3ccccc3c(OCC(O)CCCO)c2c1. The summed E-state index contributed by atoms with van der Waals surface area (Å²) in [6.45, 7) is 2.35. The molecule has 6 heteroatoms. The molecular weight excluding hydrogens is 396 g/mol. The maximum atomic E-state index is 10.2. The van der Waals surface area contributed by atoms with E-state index in [-0.39, 0.29) is 26.4 Å². The van der Waals surface area contributed by atoms with Gasteiger partial charge in [-0.25, -0.2) is 0 Å². The Bertz CT molecular complexity index is 987. The number of fused-ring (bicyclic) bond motifs is 2. The van der Waals surface area contributed by atoms with E-state index in [1.807, 2.05) is 49.4 Å². The molecule has 0 radical (unpaired) electrons. The molecule has 0 saturated heterocycles. The lowest BCUT2D eigenvalue weighted by atomic mass is 9.99. The number of hydrogen-bond acceptors (Lipinski definition) is 6. The summed E-state index contributed by atoms with van der Waals surface area (Å²) < 4.78 is 12.2. The van der Waals surface area contributed by atoms with Crippen LogP contribution in [-0.2, 0) is 0 Å². The lowest BCUT2D eigenvalue weighted by Crippen LogP contribution is -2.19. The van der Waals surface area contributed by atoms with Gasteiger partial charge in [-0.1, -0.05) is 42.0 Å². The van der Waals surface area contributed by atoms with Gasteiger partial charge in [-0.05, 0) is 38.7 Å². The normalized spacial score (nSPS) is 13.5. The Morgan fingerprint density at radius 2 is 1.19 bits per heavy atom. The maximum Gasteiger partial charge on any atom is 0.135 e. The fourth-order valence-corrected chi connectivity index (χ4v) is 3.70. The summed E-state index contributed by atoms with van der Waals surface area (Å²) in [5.74, 6) is 1.37. The molecule has 0 spiro atoms. The second-order valence-corrected chi connectivity index (χ2v) is 7.91. The quantitative estimate of drug-likeness (QED) is 0.330. The molecule has 6 nitrogen and oxygen atoms in total. The van der Waals surface area contributed by atoms with Crippen molar-refractivity contribution in [1.82, 2.24) is 0 Å². The zero-order valence-electron chi connectivity index (χ0n) is 18.0. The third kappa shape index (κ3) is 5.86. The van der Waals surface area contributed by atoms with Gasteiger partial charge in [-0.3, -0.25) is 0 Å². The molecular formula is C25H32O6. The lowest BCUT2D eigenvalue weighted by molar-refractivity contribution is 0.0929. The molecule has 0 heterocycles. The average Bonchev–Trinajstić information content (AvgIpc) is 2.78. The molecule has 2 unspecified atom stereocenters. The van der Waals surface area contributed by atoms with Gasteiger partial charge in [0.2, 0.25) is 0 Å². The van der Waals surface area contributed by atoms with E-state index in [0.717, 1.165) is 27.1 Å². The number of aliphatic hydroxyl groups is 4. The van der Waals surface area contributed by atoms with Crippen LogP contribution in [0.4, 0.5) is 0 Å². The van der Waals surface area contributed by atoms with E-state index in [0.29, 0.717) is 37.2 Å². The third-order valence-electron chi connectivity index (χ3n) is 5.31. The molecule has 0 fully saturated rings. The summed E-state index contributed by atoms with van der Waals surface area (Å²) in [5, 5.41) is 41.9. The molecule has 0 aromatic heterocycles. The summed E-state index contributed by atoms with van der Waals surface area (Å²) in [5.41, 5.74) is 1.07. The molecule has 3 aromatic rings. The third-order valence-corrected chi connectivity index (χ3v) is 5.31. The van der Waals surface area contributed by atoms with Gasteiger partial charge in [0.25, 0.3) is 0 Å². The number of aliphatic hydroxyl groups excluding tert-OH is 4. The van der Waals surface area contributed by atoms with Crippen molar-refractivity contribution in [3.05, 3.63) is 48.0 Å². The maximum absolute atomic E-state index is 10.2. The van der Waals surface area contributed by atoms with Gasteiger partial charge in [-0.2, -0.15) is 0 Å². The predicted octanol–water partition coefficient (Wildman–Crippen LogP) is 3.33. The van der Waals surface area contributed by atoms with Crippen LogP contribution in [0, 0.1) is 6.92 Å². The van der Waals surface area contributed by atoms with E-state index >= 15 is 0 Å². The molecule has 31 heavy (non-hydrogen) atoms. The Balaban J connectivity index is 2.01. The van der Waals surface area contributed by atoms with Gasteiger partial charge in [0.05, 0.1) is 12.2 Å². The van der Waals surface area contributed by atoms with Crippen molar-refractivity contribution in [2.45, 2.75) is 44.8 Å². The average molecular weight is 429 g/mol. The van der Waals surface area contributed by atoms with Gasteiger partial charge in [0.1, 0.15) is 24.7 Å². The second kappa shape index (κ2) is 11.3. The van der Waals surface area contributed by atoms with Crippen molar-refractivity contribution >= 4 is 21.5 Å². The fourth-order valence-electron chi connectivity index (χ4n) is 3.70. The molecule has 168 valence electrons. The first-order valence-corrected chi connectivity index (χ1v) is 10.8. The molecule has 0 amide bonds. The minimum Gasteiger partial charge on any atom is -0.490 e. The zero-order chi connectivity index (χ0) is 22.2. The Hall–Kier alpha value is -2.38. The Kier molecular flexibility index (Phi) is 8.49. The summed E-state index contributed by atoms with van der Waals surface area (Å²) in [6, 6.07) is 13.8. The van der Waals surface area contributed by atoms with Crippen LogP contribution in [0.1, 0.15) is 31.2 Å². The van der Waals surface area contributed by atoms with Gasteiger partial charge >= 0.3 is 0 Å². The van der Waals surface area contributed by atoms with Crippen molar-refractivity contribution in [2.75, 3.05) is 26.4 Å². The number of aryl methyl sites for hydroxylation is 1. The second-order valence-electron chi connectivity index (χ2n) is 7.91. The monoisotopic (exact) mass is 428 g/mol. The largest absolute Gasteiger partial charge is 0.490 e. The van der Waals surface area contributed by atoms with E-state index in [2.05, 4.69) is 0 Å². The molecule has 0 saturated carbocycles. The predicted molar refractivity (Wildman–Crippen MR) is 122 cm³/mol. The first-order valence-electron chi connectivity index (χ1n) is 10.8. The number of ether oxygens (including phenoxy) is 2. The van der Waals surface area contributed by atoms with Crippen molar-refractivity contribution in [1.29, 1.82) is 0 Å². The van der Waals surface area contributed by atoms with E-state index in [1.165, 1.54) is 0 Å². The van der Waals surface area contributed by atoms with E-state index in [4.69, 9.17) is 19.7 Å². The highest BCUT2D eigenvalue weighted by Crippen LogP contribution is 2.43. The standard InChI is InChI=1S/C25H32O6/c1-17-10-11-22-23(14-17)25(31-16-19(29)7-5-13-27)21-9-3-2-8-20(21)24(22)30-15-18(28)6-4-12-26/h2-3,8-11,14,18-19,26-29H,4-7,12-13,15-16H2,1H3. The van der Waals surface area contributed by atoms with Crippen LogP contribution in [-0.4, -0.2) is 59.1 Å². The number of rotatable bonds is 12. The molecule has 3 aromatic carbocycles. The smallest absolute Gasteiger partial charge is 0.135 e. The summed E-state index contributed by atoms with van der Waals surface area (Å²) in [6.07, 6.45) is 0.663. The van der Waals surface area contributed by atoms with Crippen molar-refractivity contribution in [3.8, 4) is 11.5 Å². The molecule has 4 N–H and O–H groups in total. The molecule has 0 aliphatic carbocycles. The van der Waals surface area contributed by atoms with Gasteiger partial charge in [-0.15, -0.1) is 0 Å². The Labute approximate surface area is 182 Å². The highest BCUT2D eigenvalue weighted by Gasteiger charge is 2.18. The van der Waals surface area contributed by atoms with Crippen LogP contribution >= 0.6 is 0 Å². The first-order chi connectivity index (χ1) is 15.0. The van der Waals surface area contributed by atoms with E-state index < -0.39 is 12.2 Å². The molecule has 3 rings (SSSR count). The van der Waals surface area contributed by atoms with Crippen LogP contribution < -0.4 is 9.47 Å². The van der Waals surface area contributed by atoms with Crippen LogP contribution in [0.3, 0.4) is 0 Å². The van der Waals surface area contributed by atoms with Gasteiger partial charge < -0.3 is 29.9 Å². The van der Waals surface area contributed by atoms with Gasteiger partial charge in [0.15, 0.2) is 0 Å². The highest BCUT2D eigenvalue weighted by atomic mass is 16.5. The minimum atomic E-state index is -0.664. The van der Waals surface area contributed by atoms with Crippen molar-refractivity contribution in [3.63, 3.8) is 0 Å². The summed E-state index contributed by atoms with van der Waals surface area (Å²) in [4.78, 5) is 0. The molecule has 0 aliphatic rings. The molecule has 0 aliphatic heterocycles. The summed E-state index contributed by atoms with van der Waals surface area (Å²) in [7, 11) is 0. The topological polar surface area (TPSA) is 99.4 Å². The minimum absolute atomic E-state index is 0.0400. The molecule has 2 atom stereocenters.